The number of carbonyl (C=O) groups is 1. The summed E-state index contributed by atoms with van der Waals surface area (Å²) in [6.07, 6.45) is 6.71. The van der Waals surface area contributed by atoms with E-state index < -0.39 is 0 Å². The Bertz CT molecular complexity index is 958. The summed E-state index contributed by atoms with van der Waals surface area (Å²) in [5.74, 6) is 0.823. The molecular weight excluding hydrogens is 350 g/mol. The fourth-order valence-corrected chi connectivity index (χ4v) is 3.91. The van der Waals surface area contributed by atoms with E-state index in [9.17, 15) is 4.79 Å². The molecule has 1 saturated heterocycles. The highest BCUT2D eigenvalue weighted by Crippen LogP contribution is 2.20. The maximum absolute atomic E-state index is 12.6. The van der Waals surface area contributed by atoms with Gasteiger partial charge in [-0.05, 0) is 76.2 Å². The number of fused-ring (bicyclic) bond motifs is 1. The van der Waals surface area contributed by atoms with Crippen molar-refractivity contribution < 1.29 is 4.79 Å². The molecule has 0 saturated carbocycles. The number of aryl methyl sites for hydroxylation is 1. The number of imidazole rings is 1. The van der Waals surface area contributed by atoms with E-state index in [1.165, 1.54) is 32.4 Å². The fourth-order valence-electron chi connectivity index (χ4n) is 3.91. The first-order valence-corrected chi connectivity index (χ1v) is 10.1. The number of nitrogens with zero attached hydrogens (tertiary/aromatic N) is 4. The Morgan fingerprint density at radius 3 is 2.86 bits per heavy atom. The predicted molar refractivity (Wildman–Crippen MR) is 111 cm³/mol. The third-order valence-electron chi connectivity index (χ3n) is 5.34. The first-order valence-electron chi connectivity index (χ1n) is 10.1. The van der Waals surface area contributed by atoms with Crippen molar-refractivity contribution in [2.75, 3.05) is 26.2 Å². The van der Waals surface area contributed by atoms with Crippen LogP contribution in [0.2, 0.25) is 0 Å². The highest BCUT2D eigenvalue weighted by atomic mass is 16.1. The van der Waals surface area contributed by atoms with Crippen molar-refractivity contribution in [2.45, 2.75) is 32.6 Å². The molecule has 1 N–H and O–H groups in total. The first-order chi connectivity index (χ1) is 13.7. The lowest BCUT2D eigenvalue weighted by Gasteiger charge is -2.26. The van der Waals surface area contributed by atoms with Gasteiger partial charge in [0.2, 0.25) is 0 Å². The molecule has 0 radical (unpaired) electrons. The van der Waals surface area contributed by atoms with Crippen LogP contribution in [0.25, 0.3) is 16.9 Å². The molecule has 6 nitrogen and oxygen atoms in total. The number of hydrogen-bond acceptors (Lipinski definition) is 4. The minimum Gasteiger partial charge on any atom is -0.352 e. The Labute approximate surface area is 165 Å². The van der Waals surface area contributed by atoms with Gasteiger partial charge in [0.05, 0.1) is 0 Å². The van der Waals surface area contributed by atoms with E-state index in [1.807, 2.05) is 47.9 Å². The lowest BCUT2D eigenvalue weighted by atomic mass is 10.1. The predicted octanol–water partition coefficient (Wildman–Crippen LogP) is 3.33. The average molecular weight is 377 g/mol. The van der Waals surface area contributed by atoms with Crippen molar-refractivity contribution in [1.82, 2.24) is 24.8 Å². The van der Waals surface area contributed by atoms with Crippen molar-refractivity contribution in [3.05, 3.63) is 54.0 Å². The second kappa shape index (κ2) is 8.52. The van der Waals surface area contributed by atoms with Gasteiger partial charge in [0.25, 0.3) is 5.91 Å². The molecule has 1 aromatic carbocycles. The summed E-state index contributed by atoms with van der Waals surface area (Å²) < 4.78 is 1.99. The second-order valence-electron chi connectivity index (χ2n) is 7.40. The Balaban J connectivity index is 1.41. The number of carbonyl (C=O) groups excluding carboxylic acids is 1. The van der Waals surface area contributed by atoms with Crippen LogP contribution < -0.4 is 5.32 Å². The molecule has 0 unspecified atom stereocenters. The molecule has 1 aliphatic rings. The third kappa shape index (κ3) is 4.07. The molecule has 0 bridgehead atoms. The highest BCUT2D eigenvalue weighted by molar-refractivity contribution is 5.94. The van der Waals surface area contributed by atoms with Crippen LogP contribution in [0.3, 0.4) is 0 Å². The number of benzene rings is 1. The van der Waals surface area contributed by atoms with Crippen molar-refractivity contribution in [3.8, 4) is 5.69 Å². The van der Waals surface area contributed by atoms with Gasteiger partial charge in [-0.15, -0.1) is 0 Å². The smallest absolute Gasteiger partial charge is 0.251 e. The van der Waals surface area contributed by atoms with E-state index in [1.54, 1.807) is 6.20 Å². The van der Waals surface area contributed by atoms with E-state index in [4.69, 9.17) is 0 Å². The molecule has 2 aromatic heterocycles. The van der Waals surface area contributed by atoms with E-state index in [0.717, 1.165) is 35.6 Å². The largest absolute Gasteiger partial charge is 0.352 e. The summed E-state index contributed by atoms with van der Waals surface area (Å²) in [6.45, 7) is 6.11. The molecule has 1 fully saturated rings. The topological polar surface area (TPSA) is 63.1 Å². The molecule has 0 atom stereocenters. The van der Waals surface area contributed by atoms with Gasteiger partial charge in [-0.2, -0.15) is 0 Å². The van der Waals surface area contributed by atoms with Crippen LogP contribution in [0.5, 0.6) is 0 Å². The van der Waals surface area contributed by atoms with Crippen molar-refractivity contribution in [2.24, 2.45) is 0 Å². The molecule has 1 amide bonds. The van der Waals surface area contributed by atoms with Crippen LogP contribution in [-0.2, 0) is 0 Å². The van der Waals surface area contributed by atoms with Crippen molar-refractivity contribution in [1.29, 1.82) is 0 Å². The molecule has 0 aliphatic carbocycles. The summed E-state index contributed by atoms with van der Waals surface area (Å²) >= 11 is 0. The molecule has 4 rings (SSSR count). The molecular formula is C22H27N5O. The Hall–Kier alpha value is -2.73. The van der Waals surface area contributed by atoms with Crippen molar-refractivity contribution in [3.63, 3.8) is 0 Å². The normalized spacial score (nSPS) is 15.0. The average Bonchev–Trinajstić information content (AvgIpc) is 3.07. The van der Waals surface area contributed by atoms with Crippen LogP contribution in [0.4, 0.5) is 0 Å². The first kappa shape index (κ1) is 18.6. The van der Waals surface area contributed by atoms with Gasteiger partial charge in [0.1, 0.15) is 11.3 Å². The summed E-state index contributed by atoms with van der Waals surface area (Å²) in [7, 11) is 0. The number of amides is 1. The van der Waals surface area contributed by atoms with Gasteiger partial charge in [0, 0.05) is 24.0 Å². The van der Waals surface area contributed by atoms with Crippen LogP contribution in [0.1, 0.15) is 41.9 Å². The maximum Gasteiger partial charge on any atom is 0.251 e. The standard InChI is InChI=1S/C22H27N5O/c1-17-25-20-10-6-11-23-21(20)27(17)19-9-5-8-18(16-19)22(28)24-12-7-15-26-13-3-2-4-14-26/h5-6,8-11,16H,2-4,7,12-15H2,1H3,(H,24,28). The summed E-state index contributed by atoms with van der Waals surface area (Å²) in [5, 5.41) is 3.06. The van der Waals surface area contributed by atoms with E-state index in [0.29, 0.717) is 12.1 Å². The van der Waals surface area contributed by atoms with Crippen LogP contribution in [0, 0.1) is 6.92 Å². The zero-order chi connectivity index (χ0) is 19.3. The number of rotatable bonds is 6. The Kier molecular flexibility index (Phi) is 5.67. The number of nitrogens with one attached hydrogen (secondary N) is 1. The number of pyridine rings is 1. The van der Waals surface area contributed by atoms with Gasteiger partial charge in [-0.1, -0.05) is 12.5 Å². The lowest BCUT2D eigenvalue weighted by molar-refractivity contribution is 0.0951. The van der Waals surface area contributed by atoms with Gasteiger partial charge < -0.3 is 10.2 Å². The summed E-state index contributed by atoms with van der Waals surface area (Å²) in [6, 6.07) is 11.5. The van der Waals surface area contributed by atoms with E-state index >= 15 is 0 Å². The third-order valence-corrected chi connectivity index (χ3v) is 5.34. The van der Waals surface area contributed by atoms with Crippen molar-refractivity contribution >= 4 is 17.1 Å². The number of aromatic nitrogens is 3. The minimum atomic E-state index is -0.0319. The van der Waals surface area contributed by atoms with E-state index in [-0.39, 0.29) is 5.91 Å². The van der Waals surface area contributed by atoms with Crippen LogP contribution >= 0.6 is 0 Å². The summed E-state index contributed by atoms with van der Waals surface area (Å²) in [5.41, 5.74) is 3.22. The number of piperidine rings is 1. The zero-order valence-corrected chi connectivity index (χ0v) is 16.4. The Morgan fingerprint density at radius 1 is 1.14 bits per heavy atom. The fraction of sp³-hybridized carbons (Fsp3) is 0.409. The molecule has 28 heavy (non-hydrogen) atoms. The SMILES string of the molecule is Cc1nc2cccnc2n1-c1cccc(C(=O)NCCCN2CCCCC2)c1. The van der Waals surface area contributed by atoms with Gasteiger partial charge in [-0.3, -0.25) is 9.36 Å². The van der Waals surface area contributed by atoms with E-state index in [2.05, 4.69) is 20.2 Å². The molecule has 0 spiro atoms. The second-order valence-corrected chi connectivity index (χ2v) is 7.40. The van der Waals surface area contributed by atoms with Crippen LogP contribution in [-0.4, -0.2) is 51.5 Å². The number of hydrogen-bond donors (Lipinski definition) is 1. The molecule has 146 valence electrons. The molecule has 3 aromatic rings. The quantitative estimate of drug-likeness (QED) is 0.669. The number of likely N-dealkylation sites (tertiary alicyclic amines) is 1. The van der Waals surface area contributed by atoms with Gasteiger partial charge in [-0.25, -0.2) is 9.97 Å². The maximum atomic E-state index is 12.6. The zero-order valence-electron chi connectivity index (χ0n) is 16.4. The monoisotopic (exact) mass is 377 g/mol. The lowest BCUT2D eigenvalue weighted by Crippen LogP contribution is -2.33. The molecule has 6 heteroatoms. The van der Waals surface area contributed by atoms with Gasteiger partial charge in [0.15, 0.2) is 5.65 Å². The highest BCUT2D eigenvalue weighted by Gasteiger charge is 2.13. The minimum absolute atomic E-state index is 0.0319. The molecule has 1 aliphatic heterocycles. The van der Waals surface area contributed by atoms with Crippen LogP contribution in [0.15, 0.2) is 42.6 Å². The summed E-state index contributed by atoms with van der Waals surface area (Å²) in [4.78, 5) is 24.1. The Morgan fingerprint density at radius 2 is 2.00 bits per heavy atom. The molecule has 3 heterocycles. The van der Waals surface area contributed by atoms with Gasteiger partial charge >= 0.3 is 0 Å².